The zero-order valence-electron chi connectivity index (χ0n) is 8.14. The Balaban J connectivity index is 2.82. The summed E-state index contributed by atoms with van der Waals surface area (Å²) in [5.74, 6) is -0.276. The fraction of sp³-hybridized carbons (Fsp3) is 0.300. The zero-order valence-corrected chi connectivity index (χ0v) is 8.96. The van der Waals surface area contributed by atoms with Gasteiger partial charge in [-0.15, -0.1) is 11.8 Å². The lowest BCUT2D eigenvalue weighted by Crippen LogP contribution is -2.00. The second-order valence-electron chi connectivity index (χ2n) is 2.99. The van der Waals surface area contributed by atoms with E-state index in [1.807, 2.05) is 0 Å². The van der Waals surface area contributed by atoms with Crippen molar-refractivity contribution in [2.75, 3.05) is 18.1 Å². The van der Waals surface area contributed by atoms with Crippen molar-refractivity contribution < 1.29 is 15.0 Å². The zero-order chi connectivity index (χ0) is 11.3. The highest BCUT2D eigenvalue weighted by atomic mass is 32.2. The van der Waals surface area contributed by atoms with Gasteiger partial charge in [0.05, 0.1) is 5.56 Å². The van der Waals surface area contributed by atoms with E-state index < -0.39 is 5.97 Å². The van der Waals surface area contributed by atoms with Gasteiger partial charge in [-0.1, -0.05) is 0 Å². The van der Waals surface area contributed by atoms with Crippen LogP contribution >= 0.6 is 11.8 Å². The van der Waals surface area contributed by atoms with E-state index in [9.17, 15) is 4.79 Å². The molecule has 0 aliphatic carbocycles. The molecule has 0 saturated heterocycles. The summed E-state index contributed by atoms with van der Waals surface area (Å²) in [6.07, 6.45) is 0.637. The van der Waals surface area contributed by atoms with Crippen LogP contribution in [0, 0.1) is 0 Å². The SMILES string of the molecule is Nc1ccc(C(=O)O)c(SCCCO)c1. The molecule has 0 heterocycles. The molecule has 0 radical (unpaired) electrons. The maximum Gasteiger partial charge on any atom is 0.336 e. The summed E-state index contributed by atoms with van der Waals surface area (Å²) in [6.45, 7) is 0.109. The van der Waals surface area contributed by atoms with Crippen LogP contribution in [0.1, 0.15) is 16.8 Å². The van der Waals surface area contributed by atoms with Crippen molar-refractivity contribution in [1.29, 1.82) is 0 Å². The molecule has 15 heavy (non-hydrogen) atoms. The molecule has 0 spiro atoms. The number of nitrogens with two attached hydrogens (primary N) is 1. The highest BCUT2D eigenvalue weighted by molar-refractivity contribution is 7.99. The fourth-order valence-electron chi connectivity index (χ4n) is 1.08. The average molecular weight is 227 g/mol. The van der Waals surface area contributed by atoms with Crippen molar-refractivity contribution in [3.8, 4) is 0 Å². The van der Waals surface area contributed by atoms with Gasteiger partial charge in [0.1, 0.15) is 0 Å². The predicted octanol–water partition coefficient (Wildman–Crippen LogP) is 1.44. The minimum Gasteiger partial charge on any atom is -0.478 e. The van der Waals surface area contributed by atoms with E-state index in [4.69, 9.17) is 15.9 Å². The Hall–Kier alpha value is -1.20. The molecule has 4 N–H and O–H groups in total. The van der Waals surface area contributed by atoms with Crippen LogP contribution in [0.25, 0.3) is 0 Å². The molecule has 82 valence electrons. The average Bonchev–Trinajstić information content (AvgIpc) is 2.18. The molecule has 5 heteroatoms. The predicted molar refractivity (Wildman–Crippen MR) is 60.2 cm³/mol. The van der Waals surface area contributed by atoms with Gasteiger partial charge in [-0.2, -0.15) is 0 Å². The summed E-state index contributed by atoms with van der Waals surface area (Å²) < 4.78 is 0. The summed E-state index contributed by atoms with van der Waals surface area (Å²) in [6, 6.07) is 4.71. The van der Waals surface area contributed by atoms with Crippen LogP contribution in [0.5, 0.6) is 0 Å². The summed E-state index contributed by atoms with van der Waals surface area (Å²) in [4.78, 5) is 11.5. The Morgan fingerprint density at radius 3 is 2.80 bits per heavy atom. The van der Waals surface area contributed by atoms with Crippen molar-refractivity contribution in [3.05, 3.63) is 23.8 Å². The Morgan fingerprint density at radius 1 is 1.47 bits per heavy atom. The van der Waals surface area contributed by atoms with Crippen LogP contribution in [-0.2, 0) is 0 Å². The summed E-state index contributed by atoms with van der Waals surface area (Å²) in [5, 5.41) is 17.5. The molecule has 0 fully saturated rings. The van der Waals surface area contributed by atoms with Crippen molar-refractivity contribution in [2.45, 2.75) is 11.3 Å². The number of carboxylic acid groups (broad SMARTS) is 1. The number of rotatable bonds is 5. The van der Waals surface area contributed by atoms with Crippen LogP contribution in [-0.4, -0.2) is 28.5 Å². The van der Waals surface area contributed by atoms with Gasteiger partial charge in [0.15, 0.2) is 0 Å². The first kappa shape index (κ1) is 11.9. The number of hydrogen-bond acceptors (Lipinski definition) is 4. The van der Waals surface area contributed by atoms with Crippen molar-refractivity contribution in [3.63, 3.8) is 0 Å². The van der Waals surface area contributed by atoms with E-state index in [1.165, 1.54) is 17.8 Å². The maximum absolute atomic E-state index is 10.9. The van der Waals surface area contributed by atoms with Crippen LogP contribution in [0.2, 0.25) is 0 Å². The largest absolute Gasteiger partial charge is 0.478 e. The molecule has 0 aliphatic heterocycles. The van der Waals surface area contributed by atoms with Gasteiger partial charge in [0.2, 0.25) is 0 Å². The van der Waals surface area contributed by atoms with Gasteiger partial charge in [-0.25, -0.2) is 4.79 Å². The molecule has 1 aromatic carbocycles. The number of aliphatic hydroxyl groups excluding tert-OH is 1. The number of anilines is 1. The second kappa shape index (κ2) is 5.63. The number of carbonyl (C=O) groups is 1. The lowest BCUT2D eigenvalue weighted by molar-refractivity contribution is 0.0693. The van der Waals surface area contributed by atoms with Crippen LogP contribution < -0.4 is 5.73 Å². The topological polar surface area (TPSA) is 83.6 Å². The third-order valence-corrected chi connectivity index (χ3v) is 2.94. The molecular weight excluding hydrogens is 214 g/mol. The first-order valence-electron chi connectivity index (χ1n) is 4.51. The molecule has 0 amide bonds. The number of hydrogen-bond donors (Lipinski definition) is 3. The van der Waals surface area contributed by atoms with E-state index >= 15 is 0 Å². The van der Waals surface area contributed by atoms with Gasteiger partial charge in [0, 0.05) is 22.9 Å². The highest BCUT2D eigenvalue weighted by Gasteiger charge is 2.10. The summed E-state index contributed by atoms with van der Waals surface area (Å²) >= 11 is 1.39. The number of nitrogen functional groups attached to an aromatic ring is 1. The normalized spacial score (nSPS) is 10.2. The van der Waals surface area contributed by atoms with Gasteiger partial charge in [0.25, 0.3) is 0 Å². The summed E-state index contributed by atoms with van der Waals surface area (Å²) in [5.41, 5.74) is 6.38. The Kier molecular flexibility index (Phi) is 4.45. The lowest BCUT2D eigenvalue weighted by atomic mass is 10.2. The maximum atomic E-state index is 10.9. The number of aliphatic hydroxyl groups is 1. The molecule has 4 nitrogen and oxygen atoms in total. The third-order valence-electron chi connectivity index (χ3n) is 1.80. The molecule has 1 aromatic rings. The quantitative estimate of drug-likeness (QED) is 0.403. The monoisotopic (exact) mass is 227 g/mol. The van der Waals surface area contributed by atoms with Gasteiger partial charge in [-0.3, -0.25) is 0 Å². The van der Waals surface area contributed by atoms with E-state index in [0.717, 1.165) is 0 Å². The van der Waals surface area contributed by atoms with Crippen molar-refractivity contribution in [1.82, 2.24) is 0 Å². The number of benzene rings is 1. The van der Waals surface area contributed by atoms with Crippen molar-refractivity contribution >= 4 is 23.4 Å². The van der Waals surface area contributed by atoms with Gasteiger partial charge < -0.3 is 15.9 Å². The van der Waals surface area contributed by atoms with E-state index in [2.05, 4.69) is 0 Å². The minimum atomic E-state index is -0.957. The first-order chi connectivity index (χ1) is 7.15. The molecule has 0 aromatic heterocycles. The number of aromatic carboxylic acids is 1. The Labute approximate surface area is 92.1 Å². The van der Waals surface area contributed by atoms with Crippen LogP contribution in [0.15, 0.2) is 23.1 Å². The molecule has 0 bridgehead atoms. The van der Waals surface area contributed by atoms with Gasteiger partial charge >= 0.3 is 5.97 Å². The standard InChI is InChI=1S/C10H13NO3S/c11-7-2-3-8(10(13)14)9(6-7)15-5-1-4-12/h2-3,6,12H,1,4-5,11H2,(H,13,14). The smallest absolute Gasteiger partial charge is 0.336 e. The molecule has 1 rings (SSSR count). The first-order valence-corrected chi connectivity index (χ1v) is 5.50. The van der Waals surface area contributed by atoms with Crippen LogP contribution in [0.3, 0.4) is 0 Å². The fourth-order valence-corrected chi connectivity index (χ4v) is 2.11. The van der Waals surface area contributed by atoms with Gasteiger partial charge in [-0.05, 0) is 24.6 Å². The Bertz CT molecular complexity index is 355. The molecular formula is C10H13NO3S. The lowest BCUT2D eigenvalue weighted by Gasteiger charge is -2.06. The van der Waals surface area contributed by atoms with E-state index in [0.29, 0.717) is 22.8 Å². The van der Waals surface area contributed by atoms with Crippen molar-refractivity contribution in [2.24, 2.45) is 0 Å². The third kappa shape index (κ3) is 3.45. The number of thioether (sulfide) groups is 1. The second-order valence-corrected chi connectivity index (χ2v) is 4.12. The molecule has 0 atom stereocenters. The highest BCUT2D eigenvalue weighted by Crippen LogP contribution is 2.25. The Morgan fingerprint density at radius 2 is 2.20 bits per heavy atom. The molecule has 0 unspecified atom stereocenters. The summed E-state index contributed by atoms with van der Waals surface area (Å²) in [7, 11) is 0. The van der Waals surface area contributed by atoms with E-state index in [-0.39, 0.29) is 12.2 Å². The number of carboxylic acids is 1. The molecule has 0 aliphatic rings. The molecule has 0 saturated carbocycles. The minimum absolute atomic E-state index is 0.109. The van der Waals surface area contributed by atoms with Crippen LogP contribution in [0.4, 0.5) is 5.69 Å². The van der Waals surface area contributed by atoms with E-state index in [1.54, 1.807) is 12.1 Å².